The Morgan fingerprint density at radius 2 is 1.77 bits per heavy atom. The van der Waals surface area contributed by atoms with E-state index in [4.69, 9.17) is 0 Å². The van der Waals surface area contributed by atoms with Crippen LogP contribution in [-0.2, 0) is 12.8 Å². The lowest BCUT2D eigenvalue weighted by Crippen LogP contribution is -2.47. The number of piperazine rings is 1. The lowest BCUT2D eigenvalue weighted by molar-refractivity contribution is -0.384. The third kappa shape index (κ3) is 4.44. The third-order valence-electron chi connectivity index (χ3n) is 5.04. The van der Waals surface area contributed by atoms with Crippen molar-refractivity contribution in [3.05, 3.63) is 58.2 Å². The van der Waals surface area contributed by atoms with Crippen molar-refractivity contribution in [3.63, 3.8) is 0 Å². The van der Waals surface area contributed by atoms with Crippen LogP contribution in [0.2, 0.25) is 0 Å². The van der Waals surface area contributed by atoms with E-state index in [-0.39, 0.29) is 12.4 Å². The Hall–Kier alpha value is -3.64. The molecule has 0 amide bonds. The zero-order valence-corrected chi connectivity index (χ0v) is 16.5. The minimum Gasteiger partial charge on any atom is -0.368 e. The molecule has 13 heteroatoms. The summed E-state index contributed by atoms with van der Waals surface area (Å²) in [7, 11) is 0. The first-order chi connectivity index (χ1) is 14.7. The Bertz CT molecular complexity index is 1090. The predicted molar refractivity (Wildman–Crippen MR) is 105 cm³/mol. The third-order valence-corrected chi connectivity index (χ3v) is 5.04. The monoisotopic (exact) mass is 436 g/mol. The molecule has 0 saturated carbocycles. The van der Waals surface area contributed by atoms with Gasteiger partial charge in [-0.1, -0.05) is 0 Å². The highest BCUT2D eigenvalue weighted by Gasteiger charge is 2.33. The molecule has 0 radical (unpaired) electrons. The van der Waals surface area contributed by atoms with Crippen molar-refractivity contribution < 1.29 is 18.1 Å². The molecule has 0 bridgehead atoms. The number of nitrogens with zero attached hydrogens (tertiary/aromatic N) is 8. The first kappa shape index (κ1) is 20.6. The zero-order chi connectivity index (χ0) is 22.2. The molecule has 3 aromatic rings. The van der Waals surface area contributed by atoms with E-state index in [1.54, 1.807) is 12.1 Å². The van der Waals surface area contributed by atoms with Crippen molar-refractivity contribution in [1.82, 2.24) is 24.5 Å². The lowest BCUT2D eigenvalue weighted by atomic mass is 10.1. The van der Waals surface area contributed by atoms with Gasteiger partial charge in [0.2, 0.25) is 5.95 Å². The molecule has 1 aliphatic heterocycles. The van der Waals surface area contributed by atoms with Gasteiger partial charge in [-0.05, 0) is 24.6 Å². The summed E-state index contributed by atoms with van der Waals surface area (Å²) in [6.45, 7) is 4.51. The number of anilines is 2. The average molecular weight is 436 g/mol. The highest BCUT2D eigenvalue weighted by molar-refractivity contribution is 5.58. The summed E-state index contributed by atoms with van der Waals surface area (Å²) < 4.78 is 40.6. The fraction of sp³-hybridized carbons (Fsp3) is 0.389. The fourth-order valence-electron chi connectivity index (χ4n) is 3.49. The predicted octanol–water partition coefficient (Wildman–Crippen LogP) is 2.54. The number of alkyl halides is 3. The van der Waals surface area contributed by atoms with Gasteiger partial charge in [-0.3, -0.25) is 14.8 Å². The van der Waals surface area contributed by atoms with Crippen LogP contribution in [0.4, 0.5) is 30.5 Å². The molecule has 164 valence electrons. The summed E-state index contributed by atoms with van der Waals surface area (Å²) in [5, 5.41) is 18.8. The molecule has 4 rings (SSSR count). The van der Waals surface area contributed by atoms with Gasteiger partial charge in [-0.2, -0.15) is 18.3 Å². The molecule has 0 N–H and O–H groups in total. The van der Waals surface area contributed by atoms with E-state index in [1.807, 2.05) is 11.8 Å². The van der Waals surface area contributed by atoms with Gasteiger partial charge in [0.05, 0.1) is 4.92 Å². The van der Waals surface area contributed by atoms with E-state index >= 15 is 0 Å². The van der Waals surface area contributed by atoms with Crippen molar-refractivity contribution in [1.29, 1.82) is 0 Å². The Morgan fingerprint density at radius 1 is 1.06 bits per heavy atom. The number of nitro benzene ring substituents is 1. The molecule has 1 fully saturated rings. The quantitative estimate of drug-likeness (QED) is 0.448. The van der Waals surface area contributed by atoms with E-state index < -0.39 is 16.8 Å². The molecule has 0 aliphatic carbocycles. The zero-order valence-electron chi connectivity index (χ0n) is 16.5. The number of aryl methyl sites for hydroxylation is 1. The molecule has 0 atom stereocenters. The van der Waals surface area contributed by atoms with Gasteiger partial charge in [0.15, 0.2) is 5.69 Å². The summed E-state index contributed by atoms with van der Waals surface area (Å²) in [4.78, 5) is 18.9. The number of non-ortho nitro benzene ring substituents is 1. The molecule has 2 aromatic heterocycles. The van der Waals surface area contributed by atoms with Gasteiger partial charge in [-0.15, -0.1) is 5.10 Å². The van der Waals surface area contributed by atoms with Gasteiger partial charge < -0.3 is 9.80 Å². The normalized spacial score (nSPS) is 14.8. The second-order valence-electron chi connectivity index (χ2n) is 7.17. The standard InChI is InChI=1S/C18H19F3N8O2/c1-13-10-14(29(30)31)2-3-15(13)25-6-8-26(9-7-25)17-22-11-28(24-17)12-27-5-4-16(23-27)18(19,20)21/h2-5,10-11H,6-9,12H2,1H3. The molecule has 31 heavy (non-hydrogen) atoms. The van der Waals surface area contributed by atoms with Gasteiger partial charge in [-0.25, -0.2) is 9.67 Å². The maximum Gasteiger partial charge on any atom is 0.435 e. The van der Waals surface area contributed by atoms with Crippen molar-refractivity contribution in [3.8, 4) is 0 Å². The smallest absolute Gasteiger partial charge is 0.368 e. The van der Waals surface area contributed by atoms with Crippen LogP contribution in [0.15, 0.2) is 36.8 Å². The second kappa shape index (κ2) is 7.89. The van der Waals surface area contributed by atoms with Crippen LogP contribution in [0.3, 0.4) is 0 Å². The molecular formula is C18H19F3N8O2. The highest BCUT2D eigenvalue weighted by Crippen LogP contribution is 2.28. The Balaban J connectivity index is 1.37. The summed E-state index contributed by atoms with van der Waals surface area (Å²) in [5.74, 6) is 0.489. The number of halogens is 3. The minimum absolute atomic E-state index is 0.0189. The molecule has 1 aromatic carbocycles. The maximum absolute atomic E-state index is 12.7. The number of hydrogen-bond donors (Lipinski definition) is 0. The number of aromatic nitrogens is 5. The van der Waals surface area contributed by atoms with Crippen LogP contribution in [0.1, 0.15) is 11.3 Å². The number of rotatable bonds is 5. The van der Waals surface area contributed by atoms with Crippen LogP contribution < -0.4 is 9.80 Å². The maximum atomic E-state index is 12.7. The number of nitro groups is 1. The van der Waals surface area contributed by atoms with Crippen LogP contribution in [0.5, 0.6) is 0 Å². The van der Waals surface area contributed by atoms with Crippen molar-refractivity contribution >= 4 is 17.3 Å². The van der Waals surface area contributed by atoms with E-state index in [0.29, 0.717) is 32.1 Å². The van der Waals surface area contributed by atoms with Crippen molar-refractivity contribution in [2.24, 2.45) is 0 Å². The highest BCUT2D eigenvalue weighted by atomic mass is 19.4. The van der Waals surface area contributed by atoms with E-state index in [0.717, 1.165) is 22.0 Å². The fourth-order valence-corrected chi connectivity index (χ4v) is 3.49. The topological polar surface area (TPSA) is 98.2 Å². The van der Waals surface area contributed by atoms with Crippen molar-refractivity contribution in [2.45, 2.75) is 19.8 Å². The van der Waals surface area contributed by atoms with E-state index in [2.05, 4.69) is 20.1 Å². The Kier molecular flexibility index (Phi) is 5.25. The minimum atomic E-state index is -4.49. The van der Waals surface area contributed by atoms with Crippen molar-refractivity contribution in [2.75, 3.05) is 36.0 Å². The molecule has 1 saturated heterocycles. The largest absolute Gasteiger partial charge is 0.435 e. The number of hydrogen-bond acceptors (Lipinski definition) is 7. The second-order valence-corrected chi connectivity index (χ2v) is 7.17. The van der Waals surface area contributed by atoms with Gasteiger partial charge >= 0.3 is 6.18 Å². The summed E-state index contributed by atoms with van der Waals surface area (Å²) in [6, 6.07) is 5.73. The summed E-state index contributed by atoms with van der Waals surface area (Å²) in [5.41, 5.74) is 0.894. The first-order valence-electron chi connectivity index (χ1n) is 9.46. The van der Waals surface area contributed by atoms with Gasteiger partial charge in [0.25, 0.3) is 5.69 Å². The Labute approximate surface area is 174 Å². The average Bonchev–Trinajstić information content (AvgIpc) is 3.38. The lowest BCUT2D eigenvalue weighted by Gasteiger charge is -2.36. The van der Waals surface area contributed by atoms with Crippen LogP contribution in [0, 0.1) is 17.0 Å². The van der Waals surface area contributed by atoms with E-state index in [9.17, 15) is 23.3 Å². The first-order valence-corrected chi connectivity index (χ1v) is 9.46. The molecule has 3 heterocycles. The van der Waals surface area contributed by atoms with Crippen LogP contribution >= 0.6 is 0 Å². The molecule has 10 nitrogen and oxygen atoms in total. The molecule has 1 aliphatic rings. The van der Waals surface area contributed by atoms with Gasteiger partial charge in [0, 0.05) is 50.2 Å². The summed E-state index contributed by atoms with van der Waals surface area (Å²) >= 11 is 0. The molecule has 0 spiro atoms. The summed E-state index contributed by atoms with van der Waals surface area (Å²) in [6.07, 6.45) is -1.78. The molecular weight excluding hydrogens is 417 g/mol. The van der Waals surface area contributed by atoms with Crippen LogP contribution in [-0.4, -0.2) is 55.6 Å². The Morgan fingerprint density at radius 3 is 2.39 bits per heavy atom. The van der Waals surface area contributed by atoms with Crippen LogP contribution in [0.25, 0.3) is 0 Å². The SMILES string of the molecule is Cc1cc([N+](=O)[O-])ccc1N1CCN(c2ncn(Cn3ccc(C(F)(F)F)n3)n2)CC1. The van der Waals surface area contributed by atoms with E-state index in [1.165, 1.54) is 23.3 Å². The number of benzene rings is 1. The molecule has 0 unspecified atom stereocenters. The van der Waals surface area contributed by atoms with Gasteiger partial charge in [0.1, 0.15) is 13.0 Å².